The Kier molecular flexibility index (Phi) is 3.41. The van der Waals surface area contributed by atoms with Crippen LogP contribution in [0.4, 0.5) is 11.4 Å². The van der Waals surface area contributed by atoms with Gasteiger partial charge in [-0.15, -0.1) is 0 Å². The fraction of sp³-hybridized carbons (Fsp3) is 0.500. The van der Waals surface area contributed by atoms with E-state index >= 15 is 0 Å². The highest BCUT2D eigenvalue weighted by Gasteiger charge is 2.32. The van der Waals surface area contributed by atoms with Crippen LogP contribution in [0.25, 0.3) is 0 Å². The monoisotopic (exact) mass is 264 g/mol. The molecule has 1 aromatic carbocycles. The van der Waals surface area contributed by atoms with Gasteiger partial charge in [0.25, 0.3) is 0 Å². The zero-order valence-corrected chi connectivity index (χ0v) is 11.5. The quantitative estimate of drug-likeness (QED) is 0.799. The summed E-state index contributed by atoms with van der Waals surface area (Å²) in [7, 11) is 0. The molecule has 1 unspecified atom stereocenters. The van der Waals surface area contributed by atoms with Crippen LogP contribution >= 0.6 is 0 Å². The molecule has 1 aromatic rings. The molecule has 2 rings (SSSR count). The molecule has 0 bridgehead atoms. The van der Waals surface area contributed by atoms with Gasteiger partial charge in [-0.3, -0.25) is 0 Å². The number of hydrogen-bond donors (Lipinski definition) is 2. The Bertz CT molecular complexity index is 499. The zero-order chi connectivity index (χ0) is 14.2. The summed E-state index contributed by atoms with van der Waals surface area (Å²) >= 11 is 0. The first kappa shape index (κ1) is 13.7. The molecule has 3 N–H and O–H groups in total. The molecule has 5 heteroatoms. The first-order valence-electron chi connectivity index (χ1n) is 6.35. The highest BCUT2D eigenvalue weighted by molar-refractivity contribution is 5.97. The Labute approximate surface area is 113 Å². The number of carboxylic acid groups (broad SMARTS) is 1. The molecule has 1 saturated heterocycles. The largest absolute Gasteiger partial charge is 0.478 e. The number of benzene rings is 1. The third kappa shape index (κ3) is 2.81. The molecule has 1 atom stereocenters. The number of carboxylic acids is 1. The van der Waals surface area contributed by atoms with Crippen molar-refractivity contribution in [3.8, 4) is 0 Å². The van der Waals surface area contributed by atoms with Crippen LogP contribution in [0.2, 0.25) is 0 Å². The van der Waals surface area contributed by atoms with Crippen molar-refractivity contribution in [1.82, 2.24) is 0 Å². The maximum atomic E-state index is 11.1. The molecule has 0 saturated carbocycles. The van der Waals surface area contributed by atoms with Crippen molar-refractivity contribution >= 4 is 17.3 Å². The molecule has 19 heavy (non-hydrogen) atoms. The number of nitrogen functional groups attached to an aromatic ring is 1. The molecule has 0 spiro atoms. The van der Waals surface area contributed by atoms with Crippen LogP contribution in [0.3, 0.4) is 0 Å². The van der Waals surface area contributed by atoms with Crippen LogP contribution in [0.15, 0.2) is 18.2 Å². The van der Waals surface area contributed by atoms with Gasteiger partial charge >= 0.3 is 5.97 Å². The third-order valence-corrected chi connectivity index (χ3v) is 3.22. The number of carbonyl (C=O) groups is 1. The van der Waals surface area contributed by atoms with E-state index in [4.69, 9.17) is 15.6 Å². The van der Waals surface area contributed by atoms with Gasteiger partial charge in [-0.25, -0.2) is 4.79 Å². The number of rotatable bonds is 2. The van der Waals surface area contributed by atoms with Crippen molar-refractivity contribution in [2.45, 2.75) is 32.5 Å². The maximum absolute atomic E-state index is 11.1. The highest BCUT2D eigenvalue weighted by Crippen LogP contribution is 2.31. The van der Waals surface area contributed by atoms with Crippen LogP contribution in [-0.4, -0.2) is 35.9 Å². The van der Waals surface area contributed by atoms with E-state index in [1.807, 2.05) is 26.8 Å². The van der Waals surface area contributed by atoms with Crippen molar-refractivity contribution in [2.24, 2.45) is 0 Å². The van der Waals surface area contributed by atoms with E-state index < -0.39 is 5.97 Å². The van der Waals surface area contributed by atoms with E-state index in [-0.39, 0.29) is 17.3 Å². The lowest BCUT2D eigenvalue weighted by Gasteiger charge is -2.43. The van der Waals surface area contributed by atoms with E-state index in [1.54, 1.807) is 6.07 Å². The van der Waals surface area contributed by atoms with Gasteiger partial charge in [0, 0.05) is 13.1 Å². The standard InChI is InChI=1S/C14H20N2O3/c1-9-7-16(8-14(2,3)19-9)11-6-4-5-10(12(11)15)13(17)18/h4-6,9H,7-8,15H2,1-3H3,(H,17,18). The number of anilines is 2. The van der Waals surface area contributed by atoms with Gasteiger partial charge in [0.2, 0.25) is 0 Å². The Hall–Kier alpha value is -1.75. The molecular formula is C14H20N2O3. The molecule has 1 aliphatic rings. The zero-order valence-electron chi connectivity index (χ0n) is 11.5. The van der Waals surface area contributed by atoms with Crippen molar-refractivity contribution < 1.29 is 14.6 Å². The molecule has 5 nitrogen and oxygen atoms in total. The Morgan fingerprint density at radius 2 is 2.21 bits per heavy atom. The predicted molar refractivity (Wildman–Crippen MR) is 74.7 cm³/mol. The highest BCUT2D eigenvalue weighted by atomic mass is 16.5. The van der Waals surface area contributed by atoms with E-state index in [0.29, 0.717) is 18.8 Å². The Morgan fingerprint density at radius 1 is 1.53 bits per heavy atom. The third-order valence-electron chi connectivity index (χ3n) is 3.22. The molecule has 0 aliphatic carbocycles. The van der Waals surface area contributed by atoms with E-state index in [1.165, 1.54) is 6.07 Å². The summed E-state index contributed by atoms with van der Waals surface area (Å²) in [4.78, 5) is 13.2. The van der Waals surface area contributed by atoms with Gasteiger partial charge in [0.15, 0.2) is 0 Å². The van der Waals surface area contributed by atoms with Crippen LogP contribution in [0, 0.1) is 0 Å². The summed E-state index contributed by atoms with van der Waals surface area (Å²) < 4.78 is 5.84. The average Bonchev–Trinajstić information content (AvgIpc) is 2.25. The van der Waals surface area contributed by atoms with Gasteiger partial charge < -0.3 is 20.5 Å². The number of nitrogens with two attached hydrogens (primary N) is 1. The summed E-state index contributed by atoms with van der Waals surface area (Å²) in [6, 6.07) is 5.11. The molecule has 104 valence electrons. The first-order valence-corrected chi connectivity index (χ1v) is 6.35. The molecule has 0 aromatic heterocycles. The van der Waals surface area contributed by atoms with Gasteiger partial charge in [0.1, 0.15) is 0 Å². The number of ether oxygens (including phenoxy) is 1. The number of hydrogen-bond acceptors (Lipinski definition) is 4. The fourth-order valence-electron chi connectivity index (χ4n) is 2.65. The fourth-order valence-corrected chi connectivity index (χ4v) is 2.65. The van der Waals surface area contributed by atoms with Crippen LogP contribution < -0.4 is 10.6 Å². The van der Waals surface area contributed by atoms with Crippen molar-refractivity contribution in [2.75, 3.05) is 23.7 Å². The second kappa shape index (κ2) is 4.74. The topological polar surface area (TPSA) is 75.8 Å². The first-order chi connectivity index (χ1) is 8.80. The van der Waals surface area contributed by atoms with Gasteiger partial charge in [-0.1, -0.05) is 6.07 Å². The maximum Gasteiger partial charge on any atom is 0.337 e. The minimum Gasteiger partial charge on any atom is -0.478 e. The Morgan fingerprint density at radius 3 is 2.79 bits per heavy atom. The van der Waals surface area contributed by atoms with Crippen LogP contribution in [-0.2, 0) is 4.74 Å². The minimum absolute atomic E-state index is 0.0802. The number of para-hydroxylation sites is 1. The lowest BCUT2D eigenvalue weighted by molar-refractivity contribution is -0.0749. The molecule has 1 heterocycles. The molecule has 0 radical (unpaired) electrons. The summed E-state index contributed by atoms with van der Waals surface area (Å²) in [5.74, 6) is -1.00. The van der Waals surface area contributed by atoms with Crippen molar-refractivity contribution in [3.05, 3.63) is 23.8 Å². The second-order valence-electron chi connectivity index (χ2n) is 5.61. The normalized spacial score (nSPS) is 22.3. The second-order valence-corrected chi connectivity index (χ2v) is 5.61. The van der Waals surface area contributed by atoms with Crippen LogP contribution in [0.5, 0.6) is 0 Å². The summed E-state index contributed by atoms with van der Waals surface area (Å²) in [6.45, 7) is 7.44. The van der Waals surface area contributed by atoms with Crippen molar-refractivity contribution in [3.63, 3.8) is 0 Å². The summed E-state index contributed by atoms with van der Waals surface area (Å²) in [6.07, 6.45) is 0.0802. The smallest absolute Gasteiger partial charge is 0.337 e. The molecule has 1 aliphatic heterocycles. The van der Waals surface area contributed by atoms with E-state index in [9.17, 15) is 4.79 Å². The van der Waals surface area contributed by atoms with E-state index in [2.05, 4.69) is 4.90 Å². The van der Waals surface area contributed by atoms with Gasteiger partial charge in [-0.2, -0.15) is 0 Å². The molecule has 1 fully saturated rings. The van der Waals surface area contributed by atoms with Crippen LogP contribution in [0.1, 0.15) is 31.1 Å². The molecular weight excluding hydrogens is 244 g/mol. The Balaban J connectivity index is 2.36. The van der Waals surface area contributed by atoms with E-state index in [0.717, 1.165) is 5.69 Å². The number of aromatic carboxylic acids is 1. The summed E-state index contributed by atoms with van der Waals surface area (Å²) in [5.41, 5.74) is 6.95. The number of morpholine rings is 1. The van der Waals surface area contributed by atoms with Gasteiger partial charge in [-0.05, 0) is 32.9 Å². The van der Waals surface area contributed by atoms with Crippen molar-refractivity contribution in [1.29, 1.82) is 0 Å². The lowest BCUT2D eigenvalue weighted by atomic mass is 10.0. The lowest BCUT2D eigenvalue weighted by Crippen LogP contribution is -2.52. The number of nitrogens with zero attached hydrogens (tertiary/aromatic N) is 1. The average molecular weight is 264 g/mol. The minimum atomic E-state index is -1.00. The molecule has 0 amide bonds. The van der Waals surface area contributed by atoms with Gasteiger partial charge in [0.05, 0.1) is 28.6 Å². The predicted octanol–water partition coefficient (Wildman–Crippen LogP) is 1.97. The summed E-state index contributed by atoms with van der Waals surface area (Å²) in [5, 5.41) is 9.12. The SMILES string of the molecule is CC1CN(c2cccc(C(=O)O)c2N)CC(C)(C)O1.